The lowest BCUT2D eigenvalue weighted by atomic mass is 10.3. The van der Waals surface area contributed by atoms with E-state index in [0.717, 1.165) is 45.7 Å². The van der Waals surface area contributed by atoms with E-state index in [1.54, 1.807) is 12.1 Å². The molecule has 0 atom stereocenters. The largest absolute Gasteiger partial charge is 0.484 e. The molecule has 1 N–H and O–H groups in total. The van der Waals surface area contributed by atoms with Crippen LogP contribution in [0.3, 0.4) is 0 Å². The Kier molecular flexibility index (Phi) is 7.06. The van der Waals surface area contributed by atoms with Crippen molar-refractivity contribution in [3.8, 4) is 5.75 Å². The number of carbonyl (C=O) groups is 1. The molecule has 2 aliphatic rings. The Hall–Kier alpha value is -1.68. The Bertz CT molecular complexity index is 711. The van der Waals surface area contributed by atoms with Gasteiger partial charge in [-0.1, -0.05) is 0 Å². The van der Waals surface area contributed by atoms with Crippen molar-refractivity contribution in [3.63, 3.8) is 0 Å². The molecule has 2 fully saturated rings. The van der Waals surface area contributed by atoms with Crippen LogP contribution in [-0.2, 0) is 19.6 Å². The van der Waals surface area contributed by atoms with E-state index in [1.165, 1.54) is 16.4 Å². The predicted molar refractivity (Wildman–Crippen MR) is 100 cm³/mol. The van der Waals surface area contributed by atoms with Crippen molar-refractivity contribution in [2.24, 2.45) is 0 Å². The minimum Gasteiger partial charge on any atom is -0.484 e. The Labute approximate surface area is 160 Å². The normalized spacial score (nSPS) is 19.1. The van der Waals surface area contributed by atoms with E-state index in [2.05, 4.69) is 10.2 Å². The number of nitrogens with one attached hydrogen (secondary N) is 1. The van der Waals surface area contributed by atoms with Gasteiger partial charge in [-0.3, -0.25) is 9.69 Å². The molecule has 2 saturated heterocycles. The molecule has 1 aromatic rings. The first kappa shape index (κ1) is 20.1. The van der Waals surface area contributed by atoms with Gasteiger partial charge in [0.25, 0.3) is 5.91 Å². The van der Waals surface area contributed by atoms with Gasteiger partial charge in [0.2, 0.25) is 10.0 Å². The molecule has 2 heterocycles. The van der Waals surface area contributed by atoms with Crippen molar-refractivity contribution in [1.82, 2.24) is 14.5 Å². The lowest BCUT2D eigenvalue weighted by Crippen LogP contribution is -2.42. The number of sulfonamides is 1. The van der Waals surface area contributed by atoms with Crippen molar-refractivity contribution >= 4 is 15.9 Å². The first-order valence-corrected chi connectivity index (χ1v) is 10.8. The molecule has 0 unspecified atom stereocenters. The van der Waals surface area contributed by atoms with E-state index in [4.69, 9.17) is 9.47 Å². The molecule has 3 rings (SSSR count). The number of hydrogen-bond donors (Lipinski definition) is 1. The van der Waals surface area contributed by atoms with E-state index in [-0.39, 0.29) is 17.4 Å². The van der Waals surface area contributed by atoms with Crippen LogP contribution in [0.25, 0.3) is 0 Å². The summed E-state index contributed by atoms with van der Waals surface area (Å²) in [6.45, 7) is 5.66. The lowest BCUT2D eigenvalue weighted by molar-refractivity contribution is -0.123. The van der Waals surface area contributed by atoms with Crippen LogP contribution in [0, 0.1) is 0 Å². The predicted octanol–water partition coefficient (Wildman–Crippen LogP) is 0.298. The number of morpholine rings is 1. The highest BCUT2D eigenvalue weighted by Gasteiger charge is 2.26. The van der Waals surface area contributed by atoms with Gasteiger partial charge in [-0.25, -0.2) is 8.42 Å². The van der Waals surface area contributed by atoms with Crippen LogP contribution >= 0.6 is 0 Å². The van der Waals surface area contributed by atoms with E-state index in [9.17, 15) is 13.2 Å². The lowest BCUT2D eigenvalue weighted by Gasteiger charge is -2.26. The van der Waals surface area contributed by atoms with E-state index in [0.29, 0.717) is 25.4 Å². The first-order chi connectivity index (χ1) is 13.1. The summed E-state index contributed by atoms with van der Waals surface area (Å²) in [4.78, 5) is 14.4. The highest BCUT2D eigenvalue weighted by Crippen LogP contribution is 2.22. The van der Waals surface area contributed by atoms with Crippen molar-refractivity contribution < 1.29 is 22.7 Å². The van der Waals surface area contributed by atoms with E-state index >= 15 is 0 Å². The molecule has 0 spiro atoms. The second kappa shape index (κ2) is 9.50. The first-order valence-electron chi connectivity index (χ1n) is 9.35. The second-order valence-electron chi connectivity index (χ2n) is 6.68. The van der Waals surface area contributed by atoms with E-state index in [1.807, 2.05) is 0 Å². The number of carbonyl (C=O) groups excluding carboxylic acids is 1. The SMILES string of the molecule is O=C(COc1ccc(S(=O)(=O)N2CCCC2)cc1)NCCN1CCOCC1. The molecule has 8 nitrogen and oxygen atoms in total. The third-order valence-corrected chi connectivity index (χ3v) is 6.66. The number of rotatable bonds is 8. The number of benzene rings is 1. The quantitative estimate of drug-likeness (QED) is 0.679. The second-order valence-corrected chi connectivity index (χ2v) is 8.61. The number of nitrogens with zero attached hydrogens (tertiary/aromatic N) is 2. The topological polar surface area (TPSA) is 88.2 Å². The standard InChI is InChI=1S/C18H27N3O5S/c22-18(19-7-10-20-11-13-25-14-12-20)15-26-16-3-5-17(6-4-16)27(23,24)21-8-1-2-9-21/h3-6H,1-2,7-15H2,(H,19,22). The van der Waals surface area contributed by atoms with Gasteiger partial charge < -0.3 is 14.8 Å². The number of hydrogen-bond acceptors (Lipinski definition) is 6. The molecule has 150 valence electrons. The van der Waals surface area contributed by atoms with E-state index < -0.39 is 10.0 Å². The molecule has 1 aromatic carbocycles. The Morgan fingerprint density at radius 2 is 1.74 bits per heavy atom. The molecule has 0 aliphatic carbocycles. The maximum absolute atomic E-state index is 12.5. The molecule has 0 saturated carbocycles. The maximum atomic E-state index is 12.5. The molecule has 1 amide bonds. The summed E-state index contributed by atoms with van der Waals surface area (Å²) >= 11 is 0. The molecule has 2 aliphatic heterocycles. The Morgan fingerprint density at radius 1 is 1.07 bits per heavy atom. The summed E-state index contributed by atoms with van der Waals surface area (Å²) in [5.41, 5.74) is 0. The van der Waals surface area contributed by atoms with Crippen LogP contribution in [0.15, 0.2) is 29.2 Å². The third kappa shape index (κ3) is 5.65. The van der Waals surface area contributed by atoms with Gasteiger partial charge >= 0.3 is 0 Å². The van der Waals surface area contributed by atoms with Crippen LogP contribution < -0.4 is 10.1 Å². The molecule has 27 heavy (non-hydrogen) atoms. The van der Waals surface area contributed by atoms with Gasteiger partial charge in [-0.05, 0) is 37.1 Å². The minimum absolute atomic E-state index is 0.0959. The average molecular weight is 397 g/mol. The third-order valence-electron chi connectivity index (χ3n) is 4.75. The average Bonchev–Trinajstić information content (AvgIpc) is 3.23. The van der Waals surface area contributed by atoms with Crippen LogP contribution in [0.4, 0.5) is 0 Å². The summed E-state index contributed by atoms with van der Waals surface area (Å²) in [5.74, 6) is 0.274. The van der Waals surface area contributed by atoms with Gasteiger partial charge in [-0.2, -0.15) is 4.31 Å². The minimum atomic E-state index is -3.42. The van der Waals surface area contributed by atoms with Crippen molar-refractivity contribution in [2.75, 3.05) is 59.1 Å². The fourth-order valence-electron chi connectivity index (χ4n) is 3.16. The highest BCUT2D eigenvalue weighted by atomic mass is 32.2. The summed E-state index contributed by atoms with van der Waals surface area (Å²) in [7, 11) is -3.42. The monoisotopic (exact) mass is 397 g/mol. The van der Waals surface area contributed by atoms with Crippen molar-refractivity contribution in [1.29, 1.82) is 0 Å². The zero-order valence-electron chi connectivity index (χ0n) is 15.4. The molecule has 0 radical (unpaired) electrons. The van der Waals surface area contributed by atoms with Crippen LogP contribution in [0.1, 0.15) is 12.8 Å². The van der Waals surface area contributed by atoms with Gasteiger partial charge in [0, 0.05) is 39.3 Å². The molecule has 0 aromatic heterocycles. The van der Waals surface area contributed by atoms with Gasteiger partial charge in [-0.15, -0.1) is 0 Å². The zero-order valence-corrected chi connectivity index (χ0v) is 16.2. The van der Waals surface area contributed by atoms with Gasteiger partial charge in [0.05, 0.1) is 18.1 Å². The van der Waals surface area contributed by atoms with Gasteiger partial charge in [0.1, 0.15) is 5.75 Å². The molecular formula is C18H27N3O5S. The van der Waals surface area contributed by atoms with Crippen molar-refractivity contribution in [2.45, 2.75) is 17.7 Å². The highest BCUT2D eigenvalue weighted by molar-refractivity contribution is 7.89. The summed E-state index contributed by atoms with van der Waals surface area (Å²) in [6, 6.07) is 6.23. The Balaban J connectivity index is 1.41. The van der Waals surface area contributed by atoms with Gasteiger partial charge in [0.15, 0.2) is 6.61 Å². The number of amides is 1. The van der Waals surface area contributed by atoms with Crippen LogP contribution in [-0.4, -0.2) is 82.6 Å². The van der Waals surface area contributed by atoms with Crippen LogP contribution in [0.2, 0.25) is 0 Å². The maximum Gasteiger partial charge on any atom is 0.257 e. The summed E-state index contributed by atoms with van der Waals surface area (Å²) in [6.07, 6.45) is 1.81. The summed E-state index contributed by atoms with van der Waals surface area (Å²) in [5, 5.41) is 2.82. The zero-order chi connectivity index (χ0) is 19.1. The molecular weight excluding hydrogens is 370 g/mol. The fraction of sp³-hybridized carbons (Fsp3) is 0.611. The fourth-order valence-corrected chi connectivity index (χ4v) is 4.68. The van der Waals surface area contributed by atoms with Crippen LogP contribution in [0.5, 0.6) is 5.75 Å². The molecule has 9 heteroatoms. The Morgan fingerprint density at radius 3 is 2.41 bits per heavy atom. The van der Waals surface area contributed by atoms with Crippen molar-refractivity contribution in [3.05, 3.63) is 24.3 Å². The molecule has 0 bridgehead atoms. The number of ether oxygens (including phenoxy) is 2. The summed E-state index contributed by atoms with van der Waals surface area (Å²) < 4.78 is 37.2. The smallest absolute Gasteiger partial charge is 0.257 e.